The Hall–Kier alpha value is -4.59. The Bertz CT molecular complexity index is 2330. The molecule has 4 atom stereocenters. The minimum Gasteiger partial charge on any atom is -0.438 e. The number of nitrogens with one attached hydrogen (secondary N) is 2. The minimum absolute atomic E-state index is 0.0555. The van der Waals surface area contributed by atoms with Gasteiger partial charge < -0.3 is 19.7 Å². The van der Waals surface area contributed by atoms with Crippen LogP contribution in [0.4, 0.5) is 0 Å². The summed E-state index contributed by atoms with van der Waals surface area (Å²) in [5.74, 6) is -0.156. The van der Waals surface area contributed by atoms with E-state index in [4.69, 9.17) is 22.6 Å². The third-order valence-electron chi connectivity index (χ3n) is 10.3. The number of hydrogen-bond donors (Lipinski definition) is 2. The predicted molar refractivity (Wildman–Crippen MR) is 230 cm³/mol. The number of phosphoric ester groups is 1. The van der Waals surface area contributed by atoms with Gasteiger partial charge in [-0.1, -0.05) is 133 Å². The zero-order valence-electron chi connectivity index (χ0n) is 32.0. The predicted octanol–water partition coefficient (Wildman–Crippen LogP) is 10.5. The topological polar surface area (TPSA) is 121 Å². The Morgan fingerprint density at radius 3 is 1.29 bits per heavy atom. The van der Waals surface area contributed by atoms with E-state index in [-0.39, 0.29) is 13.2 Å². The first-order chi connectivity index (χ1) is 28.3. The molecule has 6 aromatic carbocycles. The van der Waals surface area contributed by atoms with Gasteiger partial charge in [0.05, 0.1) is 23.8 Å². The lowest BCUT2D eigenvalue weighted by Gasteiger charge is -2.34. The molecular formula is C45H45N2O8P3. The molecule has 0 radical (unpaired) electrons. The summed E-state index contributed by atoms with van der Waals surface area (Å²) in [6.45, 7) is 0.863. The number of hydrogen-bond acceptors (Lipinski definition) is 10. The maximum atomic E-state index is 15.1. The van der Waals surface area contributed by atoms with Crippen LogP contribution in [-0.4, -0.2) is 33.4 Å². The largest absolute Gasteiger partial charge is 0.474 e. The number of benzene rings is 6. The van der Waals surface area contributed by atoms with E-state index in [1.165, 1.54) is 7.11 Å². The zero-order chi connectivity index (χ0) is 40.0. The highest BCUT2D eigenvalue weighted by atomic mass is 31.2. The summed E-state index contributed by atoms with van der Waals surface area (Å²) in [4.78, 5) is 0. The van der Waals surface area contributed by atoms with Crippen molar-refractivity contribution in [2.45, 2.75) is 24.4 Å². The molecule has 0 saturated heterocycles. The smallest absolute Gasteiger partial charge is 0.438 e. The lowest BCUT2D eigenvalue weighted by atomic mass is 10.0. The maximum Gasteiger partial charge on any atom is 0.474 e. The van der Waals surface area contributed by atoms with Gasteiger partial charge in [-0.2, -0.15) is 0 Å². The van der Waals surface area contributed by atoms with Gasteiger partial charge >= 0.3 is 7.82 Å². The molecule has 0 aliphatic carbocycles. The third kappa shape index (κ3) is 8.18. The van der Waals surface area contributed by atoms with Gasteiger partial charge in [0.2, 0.25) is 0 Å². The number of rotatable bonds is 17. The van der Waals surface area contributed by atoms with Crippen molar-refractivity contribution in [3.8, 4) is 33.8 Å². The zero-order valence-corrected chi connectivity index (χ0v) is 34.7. The van der Waals surface area contributed by atoms with Crippen LogP contribution in [0.15, 0.2) is 158 Å². The van der Waals surface area contributed by atoms with Crippen molar-refractivity contribution in [2.75, 3.05) is 33.4 Å². The Kier molecular flexibility index (Phi) is 12.3. The monoisotopic (exact) mass is 834 g/mol. The van der Waals surface area contributed by atoms with Crippen LogP contribution in [0, 0.1) is 0 Å². The van der Waals surface area contributed by atoms with Crippen molar-refractivity contribution in [1.29, 1.82) is 0 Å². The summed E-state index contributed by atoms with van der Waals surface area (Å²) in [5.41, 5.74) is 5.22. The standard InChI is InChI=1S/C45H45N2O8P3/c1-51-58(50,52-32-16-30-46-44(34-18-4-2-5-19-34)56(48)42-28-14-10-24-38(42)36-22-8-12-26-40(36)54-56)53-33-17-31-47-45(35-20-6-3-7-21-35)57(49)43-29-15-11-25-39(43)37-23-9-13-27-41(37)55-57/h2-15,18-29,44-47H,16-17,30-33H2,1H3. The van der Waals surface area contributed by atoms with Crippen LogP contribution in [0.2, 0.25) is 0 Å². The van der Waals surface area contributed by atoms with Gasteiger partial charge in [-0.25, -0.2) is 4.57 Å². The minimum atomic E-state index is -3.90. The van der Waals surface area contributed by atoms with Crippen LogP contribution in [0.25, 0.3) is 22.3 Å². The lowest BCUT2D eigenvalue weighted by Crippen LogP contribution is -2.31. The molecule has 2 aliphatic heterocycles. The Morgan fingerprint density at radius 2 is 0.879 bits per heavy atom. The van der Waals surface area contributed by atoms with Crippen LogP contribution in [-0.2, 0) is 27.3 Å². The molecule has 2 aliphatic rings. The van der Waals surface area contributed by atoms with Crippen molar-refractivity contribution < 1.29 is 36.3 Å². The van der Waals surface area contributed by atoms with E-state index in [9.17, 15) is 4.57 Å². The van der Waals surface area contributed by atoms with Crippen molar-refractivity contribution in [2.24, 2.45) is 0 Å². The van der Waals surface area contributed by atoms with E-state index in [0.717, 1.165) is 33.4 Å². The molecule has 0 amide bonds. The molecule has 10 nitrogen and oxygen atoms in total. The summed E-state index contributed by atoms with van der Waals surface area (Å²) >= 11 is 0. The molecule has 0 spiro atoms. The molecule has 0 saturated carbocycles. The fourth-order valence-corrected chi connectivity index (χ4v) is 13.9. The van der Waals surface area contributed by atoms with Crippen LogP contribution in [0.3, 0.4) is 0 Å². The van der Waals surface area contributed by atoms with Gasteiger partial charge in [-0.3, -0.25) is 22.7 Å². The molecule has 0 bridgehead atoms. The first-order valence-corrected chi connectivity index (χ1v) is 24.2. The average Bonchev–Trinajstić information content (AvgIpc) is 3.27. The quantitative estimate of drug-likeness (QED) is 0.0678. The van der Waals surface area contributed by atoms with E-state index in [2.05, 4.69) is 10.6 Å². The van der Waals surface area contributed by atoms with Crippen LogP contribution < -0.4 is 30.3 Å². The second kappa shape index (κ2) is 17.7. The summed E-state index contributed by atoms with van der Waals surface area (Å²) < 4.78 is 73.1. The number of phosphoric acid groups is 1. The molecule has 2 heterocycles. The molecule has 0 aromatic heterocycles. The fourth-order valence-electron chi connectivity index (χ4n) is 7.51. The summed E-state index contributed by atoms with van der Waals surface area (Å²) in [6, 6.07) is 49.8. The van der Waals surface area contributed by atoms with Gasteiger partial charge in [0.25, 0.3) is 14.7 Å². The number of fused-ring (bicyclic) bond motifs is 6. The van der Waals surface area contributed by atoms with Crippen molar-refractivity contribution in [1.82, 2.24) is 10.6 Å². The van der Waals surface area contributed by atoms with Gasteiger partial charge in [0.15, 0.2) is 0 Å². The third-order valence-corrected chi connectivity index (χ3v) is 17.1. The molecule has 6 aromatic rings. The molecular weight excluding hydrogens is 789 g/mol. The number of para-hydroxylation sites is 2. The highest BCUT2D eigenvalue weighted by Gasteiger charge is 2.45. The average molecular weight is 835 g/mol. The van der Waals surface area contributed by atoms with E-state index in [0.29, 0.717) is 48.0 Å². The molecule has 2 N–H and O–H groups in total. The Morgan fingerprint density at radius 1 is 0.517 bits per heavy atom. The van der Waals surface area contributed by atoms with Gasteiger partial charge in [0.1, 0.15) is 23.1 Å². The van der Waals surface area contributed by atoms with E-state index in [1.807, 2.05) is 158 Å². The summed E-state index contributed by atoms with van der Waals surface area (Å²) in [5, 5.41) is 8.24. The molecule has 58 heavy (non-hydrogen) atoms. The first kappa shape index (κ1) is 40.2. The Balaban J connectivity index is 0.882. The normalized spacial score (nSPS) is 19.8. The van der Waals surface area contributed by atoms with Gasteiger partial charge in [-0.15, -0.1) is 0 Å². The second-order valence-electron chi connectivity index (χ2n) is 13.9. The highest BCUT2D eigenvalue weighted by molar-refractivity contribution is 7.68. The van der Waals surface area contributed by atoms with E-state index in [1.54, 1.807) is 0 Å². The van der Waals surface area contributed by atoms with Crippen molar-refractivity contribution in [3.63, 3.8) is 0 Å². The highest BCUT2D eigenvalue weighted by Crippen LogP contribution is 2.63. The van der Waals surface area contributed by atoms with Crippen LogP contribution in [0.1, 0.15) is 35.5 Å². The van der Waals surface area contributed by atoms with E-state index < -0.39 is 34.1 Å². The van der Waals surface area contributed by atoms with Crippen molar-refractivity contribution >= 4 is 33.2 Å². The summed E-state index contributed by atoms with van der Waals surface area (Å²) in [7, 11) is -9.68. The molecule has 298 valence electrons. The first-order valence-electron chi connectivity index (χ1n) is 19.3. The lowest BCUT2D eigenvalue weighted by molar-refractivity contribution is 0.128. The Labute approximate surface area is 339 Å². The fraction of sp³-hybridized carbons (Fsp3) is 0.200. The SMILES string of the molecule is COP(=O)(OCCCNC(c1ccccc1)P1(=O)Oc2ccccc2-c2ccccc21)OCCCNC(c1ccccc1)P1(=O)Oc2ccccc2-c2ccccc21. The van der Waals surface area contributed by atoms with E-state index >= 15 is 9.13 Å². The molecule has 4 unspecified atom stereocenters. The van der Waals surface area contributed by atoms with Crippen LogP contribution >= 0.6 is 22.6 Å². The molecule has 8 rings (SSSR count). The van der Waals surface area contributed by atoms with Gasteiger partial charge in [-0.05, 0) is 72.5 Å². The molecule has 13 heteroatoms. The van der Waals surface area contributed by atoms with Crippen LogP contribution in [0.5, 0.6) is 11.5 Å². The maximum absolute atomic E-state index is 15.1. The summed E-state index contributed by atoms with van der Waals surface area (Å²) in [6.07, 6.45) is 0.830. The van der Waals surface area contributed by atoms with Gasteiger partial charge in [0, 0.05) is 18.2 Å². The van der Waals surface area contributed by atoms with Crippen molar-refractivity contribution in [3.05, 3.63) is 169 Å². The second-order valence-corrected chi connectivity index (χ2v) is 20.5. The molecule has 0 fully saturated rings.